The second-order valence-electron chi connectivity index (χ2n) is 6.01. The zero-order valence-electron chi connectivity index (χ0n) is 13.4. The minimum atomic E-state index is -0.0124. The number of rotatable bonds is 13. The van der Waals surface area contributed by atoms with E-state index in [1.165, 1.54) is 32.1 Å². The number of unbranched alkanes of at least 4 members (excludes halogenated alkanes) is 4. The predicted molar refractivity (Wildman–Crippen MR) is 81.7 cm³/mol. The van der Waals surface area contributed by atoms with Crippen LogP contribution in [0.15, 0.2) is 0 Å². The molecular formula is C17H32O3. The molecule has 2 unspecified atom stereocenters. The zero-order valence-corrected chi connectivity index (χ0v) is 13.4. The lowest BCUT2D eigenvalue weighted by Crippen LogP contribution is -2.13. The summed E-state index contributed by atoms with van der Waals surface area (Å²) in [5, 5.41) is 0. The molecule has 0 aromatic rings. The van der Waals surface area contributed by atoms with E-state index in [0.29, 0.717) is 25.0 Å². The molecule has 3 nitrogen and oxygen atoms in total. The van der Waals surface area contributed by atoms with Crippen LogP contribution in [0.4, 0.5) is 0 Å². The van der Waals surface area contributed by atoms with Crippen molar-refractivity contribution < 1.29 is 14.3 Å². The molecule has 0 amide bonds. The van der Waals surface area contributed by atoms with E-state index in [1.54, 1.807) is 0 Å². The Labute approximate surface area is 124 Å². The Morgan fingerprint density at radius 1 is 1.20 bits per heavy atom. The number of ether oxygens (including phenoxy) is 2. The smallest absolute Gasteiger partial charge is 0.305 e. The molecule has 1 aliphatic heterocycles. The topological polar surface area (TPSA) is 38.8 Å². The molecule has 3 heteroatoms. The van der Waals surface area contributed by atoms with E-state index >= 15 is 0 Å². The molecule has 0 radical (unpaired) electrons. The molecule has 0 N–H and O–H groups in total. The number of epoxide rings is 1. The molecule has 1 heterocycles. The standard InChI is InChI=1S/C17H32O3/c1-3-5-7-10-15(4-2)13-20-17(18)12-9-6-8-11-16-14-19-16/h15-16H,3-14H2,1-2H3. The highest BCUT2D eigenvalue weighted by Crippen LogP contribution is 2.18. The molecule has 0 aliphatic carbocycles. The van der Waals surface area contributed by atoms with Crippen LogP contribution in [-0.2, 0) is 14.3 Å². The molecule has 0 aromatic carbocycles. The normalized spacial score (nSPS) is 18.8. The van der Waals surface area contributed by atoms with E-state index in [0.717, 1.165) is 32.3 Å². The summed E-state index contributed by atoms with van der Waals surface area (Å²) in [6.45, 7) is 5.97. The van der Waals surface area contributed by atoms with E-state index in [2.05, 4.69) is 13.8 Å². The van der Waals surface area contributed by atoms with Crippen molar-refractivity contribution in [3.8, 4) is 0 Å². The summed E-state index contributed by atoms with van der Waals surface area (Å²) >= 11 is 0. The molecule has 1 saturated heterocycles. The quantitative estimate of drug-likeness (QED) is 0.284. The van der Waals surface area contributed by atoms with Crippen molar-refractivity contribution >= 4 is 5.97 Å². The first-order chi connectivity index (χ1) is 9.76. The van der Waals surface area contributed by atoms with E-state index in [9.17, 15) is 4.79 Å². The fraction of sp³-hybridized carbons (Fsp3) is 0.941. The van der Waals surface area contributed by atoms with Crippen LogP contribution in [0.1, 0.15) is 78.1 Å². The molecular weight excluding hydrogens is 252 g/mol. The van der Waals surface area contributed by atoms with Crippen molar-refractivity contribution in [3.05, 3.63) is 0 Å². The Bertz CT molecular complexity index is 249. The van der Waals surface area contributed by atoms with Gasteiger partial charge in [-0.15, -0.1) is 0 Å². The molecule has 1 rings (SSSR count). The maximum atomic E-state index is 11.7. The summed E-state index contributed by atoms with van der Waals surface area (Å²) in [4.78, 5) is 11.7. The molecule has 20 heavy (non-hydrogen) atoms. The van der Waals surface area contributed by atoms with Gasteiger partial charge in [-0.2, -0.15) is 0 Å². The Hall–Kier alpha value is -0.570. The molecule has 1 aliphatic rings. The van der Waals surface area contributed by atoms with Gasteiger partial charge in [0.05, 0.1) is 19.3 Å². The second-order valence-corrected chi connectivity index (χ2v) is 6.01. The summed E-state index contributed by atoms with van der Waals surface area (Å²) in [7, 11) is 0. The van der Waals surface area contributed by atoms with Crippen molar-refractivity contribution in [2.45, 2.75) is 84.2 Å². The van der Waals surface area contributed by atoms with Crippen LogP contribution < -0.4 is 0 Å². The van der Waals surface area contributed by atoms with Gasteiger partial charge in [-0.25, -0.2) is 0 Å². The second kappa shape index (κ2) is 11.1. The van der Waals surface area contributed by atoms with Gasteiger partial charge in [0.2, 0.25) is 0 Å². The Kier molecular flexibility index (Phi) is 9.73. The zero-order chi connectivity index (χ0) is 14.6. The first kappa shape index (κ1) is 17.5. The minimum absolute atomic E-state index is 0.0124. The van der Waals surface area contributed by atoms with E-state index < -0.39 is 0 Å². The summed E-state index contributed by atoms with van der Waals surface area (Å²) in [5.41, 5.74) is 0. The van der Waals surface area contributed by atoms with Crippen molar-refractivity contribution in [2.75, 3.05) is 13.2 Å². The molecule has 118 valence electrons. The van der Waals surface area contributed by atoms with Gasteiger partial charge >= 0.3 is 5.97 Å². The van der Waals surface area contributed by atoms with E-state index in [-0.39, 0.29) is 5.97 Å². The van der Waals surface area contributed by atoms with Crippen molar-refractivity contribution in [3.63, 3.8) is 0 Å². The number of carbonyl (C=O) groups excluding carboxylic acids is 1. The monoisotopic (exact) mass is 284 g/mol. The Morgan fingerprint density at radius 3 is 2.65 bits per heavy atom. The molecule has 0 bridgehead atoms. The maximum absolute atomic E-state index is 11.7. The van der Waals surface area contributed by atoms with Crippen molar-refractivity contribution in [2.24, 2.45) is 5.92 Å². The van der Waals surface area contributed by atoms with Gasteiger partial charge in [0.25, 0.3) is 0 Å². The highest BCUT2D eigenvalue weighted by Gasteiger charge is 2.21. The Morgan fingerprint density at radius 2 is 2.00 bits per heavy atom. The average molecular weight is 284 g/mol. The molecule has 0 saturated carbocycles. The van der Waals surface area contributed by atoms with Crippen LogP contribution in [0.2, 0.25) is 0 Å². The SMILES string of the molecule is CCCCCC(CC)COC(=O)CCCCCC1CO1. The predicted octanol–water partition coefficient (Wildman–Crippen LogP) is 4.49. The van der Waals surface area contributed by atoms with Crippen LogP contribution >= 0.6 is 0 Å². The van der Waals surface area contributed by atoms with Gasteiger partial charge in [0, 0.05) is 6.42 Å². The maximum Gasteiger partial charge on any atom is 0.305 e. The van der Waals surface area contributed by atoms with E-state index in [4.69, 9.17) is 9.47 Å². The lowest BCUT2D eigenvalue weighted by atomic mass is 10.00. The first-order valence-corrected chi connectivity index (χ1v) is 8.53. The Balaban J connectivity index is 1.93. The van der Waals surface area contributed by atoms with Crippen LogP contribution in [0, 0.1) is 5.92 Å². The minimum Gasteiger partial charge on any atom is -0.465 e. The number of carbonyl (C=O) groups is 1. The fourth-order valence-electron chi connectivity index (χ4n) is 2.42. The highest BCUT2D eigenvalue weighted by molar-refractivity contribution is 5.69. The number of hydrogen-bond donors (Lipinski definition) is 0. The number of hydrogen-bond acceptors (Lipinski definition) is 3. The average Bonchev–Trinajstić information content (AvgIpc) is 3.26. The third-order valence-electron chi connectivity index (χ3n) is 4.08. The van der Waals surface area contributed by atoms with Gasteiger partial charge in [0.15, 0.2) is 0 Å². The third kappa shape index (κ3) is 9.35. The molecule has 2 atom stereocenters. The lowest BCUT2D eigenvalue weighted by molar-refractivity contribution is -0.145. The summed E-state index contributed by atoms with van der Waals surface area (Å²) in [5.74, 6) is 0.541. The van der Waals surface area contributed by atoms with Crippen LogP contribution in [0.5, 0.6) is 0 Å². The molecule has 1 fully saturated rings. The summed E-state index contributed by atoms with van der Waals surface area (Å²) in [6.07, 6.45) is 11.6. The van der Waals surface area contributed by atoms with Gasteiger partial charge in [-0.05, 0) is 25.2 Å². The van der Waals surface area contributed by atoms with Crippen LogP contribution in [0.25, 0.3) is 0 Å². The summed E-state index contributed by atoms with van der Waals surface area (Å²) < 4.78 is 10.6. The number of esters is 1. The van der Waals surface area contributed by atoms with Crippen LogP contribution in [0.3, 0.4) is 0 Å². The van der Waals surface area contributed by atoms with Gasteiger partial charge in [0.1, 0.15) is 0 Å². The highest BCUT2D eigenvalue weighted by atomic mass is 16.6. The fourth-order valence-corrected chi connectivity index (χ4v) is 2.42. The third-order valence-corrected chi connectivity index (χ3v) is 4.08. The lowest BCUT2D eigenvalue weighted by Gasteiger charge is -2.14. The van der Waals surface area contributed by atoms with Crippen LogP contribution in [-0.4, -0.2) is 25.3 Å². The molecule has 0 spiro atoms. The van der Waals surface area contributed by atoms with Crippen molar-refractivity contribution in [1.29, 1.82) is 0 Å². The van der Waals surface area contributed by atoms with Gasteiger partial charge in [-0.1, -0.05) is 52.4 Å². The van der Waals surface area contributed by atoms with Crippen molar-refractivity contribution in [1.82, 2.24) is 0 Å². The van der Waals surface area contributed by atoms with E-state index in [1.807, 2.05) is 0 Å². The van der Waals surface area contributed by atoms with Gasteiger partial charge in [-0.3, -0.25) is 4.79 Å². The van der Waals surface area contributed by atoms with Gasteiger partial charge < -0.3 is 9.47 Å². The first-order valence-electron chi connectivity index (χ1n) is 8.53. The molecule has 0 aromatic heterocycles. The summed E-state index contributed by atoms with van der Waals surface area (Å²) in [6, 6.07) is 0. The largest absolute Gasteiger partial charge is 0.465 e.